The Kier molecular flexibility index (Phi) is 4.26. The summed E-state index contributed by atoms with van der Waals surface area (Å²) in [6.07, 6.45) is 5.59. The molecule has 2 aliphatic rings. The molecule has 4 unspecified atom stereocenters. The van der Waals surface area contributed by atoms with E-state index in [2.05, 4.69) is 18.7 Å². The molecule has 1 aliphatic heterocycles. The first kappa shape index (κ1) is 12.4. The predicted molar refractivity (Wildman–Crippen MR) is 69.3 cm³/mol. The number of nitrogens with zero attached hydrogens (tertiary/aromatic N) is 1. The molecule has 4 atom stereocenters. The Balaban J connectivity index is 1.81. The maximum Gasteiger partial charge on any atom is 0.00129 e. The lowest BCUT2D eigenvalue weighted by molar-refractivity contribution is 0.112. The molecule has 0 bridgehead atoms. The number of hydrogen-bond donors (Lipinski definition) is 1. The molecule has 0 aromatic heterocycles. The minimum Gasteiger partial charge on any atom is -0.330 e. The zero-order chi connectivity index (χ0) is 11.5. The molecule has 0 radical (unpaired) electrons. The number of rotatable bonds is 3. The van der Waals surface area contributed by atoms with E-state index < -0.39 is 0 Å². The molecule has 2 N–H and O–H groups in total. The van der Waals surface area contributed by atoms with Crippen LogP contribution in [0.1, 0.15) is 39.5 Å². The van der Waals surface area contributed by atoms with Gasteiger partial charge in [0.1, 0.15) is 0 Å². The summed E-state index contributed by atoms with van der Waals surface area (Å²) in [6.45, 7) is 9.67. The van der Waals surface area contributed by atoms with Gasteiger partial charge in [0.05, 0.1) is 0 Å². The van der Waals surface area contributed by atoms with Gasteiger partial charge in [-0.2, -0.15) is 0 Å². The maximum atomic E-state index is 5.86. The molecule has 0 amide bonds. The summed E-state index contributed by atoms with van der Waals surface area (Å²) < 4.78 is 0. The van der Waals surface area contributed by atoms with E-state index in [1.54, 1.807) is 0 Å². The van der Waals surface area contributed by atoms with E-state index in [4.69, 9.17) is 5.73 Å². The Labute approximate surface area is 101 Å². The fourth-order valence-corrected chi connectivity index (χ4v) is 3.51. The molecule has 2 fully saturated rings. The molecule has 0 aromatic rings. The van der Waals surface area contributed by atoms with Gasteiger partial charge >= 0.3 is 0 Å². The largest absolute Gasteiger partial charge is 0.330 e. The molecular formula is C14H28N2. The van der Waals surface area contributed by atoms with Gasteiger partial charge in [-0.05, 0) is 56.0 Å². The standard InChI is InChI=1S/C14H28N2/c1-11-6-7-16(9-12(11)2)10-14-5-3-4-13(14)8-15/h11-14H,3-10,15H2,1-2H3. The molecule has 2 rings (SSSR count). The van der Waals surface area contributed by atoms with Crippen LogP contribution in [0.4, 0.5) is 0 Å². The molecule has 94 valence electrons. The first-order chi connectivity index (χ1) is 7.70. The smallest absolute Gasteiger partial charge is 0.00129 e. The van der Waals surface area contributed by atoms with Gasteiger partial charge in [-0.25, -0.2) is 0 Å². The van der Waals surface area contributed by atoms with Crippen molar-refractivity contribution in [3.05, 3.63) is 0 Å². The number of piperidine rings is 1. The fraction of sp³-hybridized carbons (Fsp3) is 1.00. The van der Waals surface area contributed by atoms with E-state index in [9.17, 15) is 0 Å². The van der Waals surface area contributed by atoms with Crippen molar-refractivity contribution >= 4 is 0 Å². The van der Waals surface area contributed by atoms with Crippen LogP contribution in [0, 0.1) is 23.7 Å². The van der Waals surface area contributed by atoms with Gasteiger partial charge in [-0.15, -0.1) is 0 Å². The Hall–Kier alpha value is -0.0800. The predicted octanol–water partition coefficient (Wildman–Crippen LogP) is 2.34. The molecule has 1 heterocycles. The normalized spacial score (nSPS) is 41.4. The Bertz CT molecular complexity index is 217. The van der Waals surface area contributed by atoms with E-state index in [-0.39, 0.29) is 0 Å². The molecule has 16 heavy (non-hydrogen) atoms. The molecule has 1 aliphatic carbocycles. The van der Waals surface area contributed by atoms with Crippen molar-refractivity contribution in [3.63, 3.8) is 0 Å². The zero-order valence-electron chi connectivity index (χ0n) is 11.0. The topological polar surface area (TPSA) is 29.3 Å². The van der Waals surface area contributed by atoms with Crippen LogP contribution >= 0.6 is 0 Å². The molecule has 2 heteroatoms. The van der Waals surface area contributed by atoms with Gasteiger partial charge in [0.2, 0.25) is 0 Å². The second-order valence-electron chi connectivity index (χ2n) is 6.19. The van der Waals surface area contributed by atoms with Crippen LogP contribution in [0.15, 0.2) is 0 Å². The minimum absolute atomic E-state index is 0.814. The second-order valence-corrected chi connectivity index (χ2v) is 6.19. The van der Waals surface area contributed by atoms with E-state index in [0.29, 0.717) is 0 Å². The molecule has 1 saturated heterocycles. The molecular weight excluding hydrogens is 196 g/mol. The highest BCUT2D eigenvalue weighted by Gasteiger charge is 2.30. The van der Waals surface area contributed by atoms with Crippen LogP contribution in [0.3, 0.4) is 0 Å². The van der Waals surface area contributed by atoms with Crippen molar-refractivity contribution in [2.45, 2.75) is 39.5 Å². The average Bonchev–Trinajstić information content (AvgIpc) is 2.71. The highest BCUT2D eigenvalue weighted by atomic mass is 15.1. The first-order valence-electron chi connectivity index (χ1n) is 7.13. The van der Waals surface area contributed by atoms with Crippen LogP contribution in [-0.4, -0.2) is 31.1 Å². The van der Waals surface area contributed by atoms with Crippen molar-refractivity contribution in [1.29, 1.82) is 0 Å². The van der Waals surface area contributed by atoms with Crippen LogP contribution in [0.25, 0.3) is 0 Å². The van der Waals surface area contributed by atoms with Gasteiger partial charge in [0.25, 0.3) is 0 Å². The third-order valence-corrected chi connectivity index (χ3v) is 5.03. The lowest BCUT2D eigenvalue weighted by Crippen LogP contribution is -2.42. The third-order valence-electron chi connectivity index (χ3n) is 5.03. The summed E-state index contributed by atoms with van der Waals surface area (Å²) in [5, 5.41) is 0. The Morgan fingerprint density at radius 3 is 2.50 bits per heavy atom. The zero-order valence-corrected chi connectivity index (χ0v) is 11.0. The van der Waals surface area contributed by atoms with Crippen LogP contribution in [-0.2, 0) is 0 Å². The summed E-state index contributed by atoms with van der Waals surface area (Å²) in [7, 11) is 0. The number of nitrogens with two attached hydrogens (primary N) is 1. The van der Waals surface area contributed by atoms with Crippen molar-refractivity contribution in [2.24, 2.45) is 29.4 Å². The third kappa shape index (κ3) is 2.78. The monoisotopic (exact) mass is 224 g/mol. The maximum absolute atomic E-state index is 5.86. The van der Waals surface area contributed by atoms with Gasteiger partial charge in [-0.3, -0.25) is 0 Å². The van der Waals surface area contributed by atoms with Gasteiger partial charge in [0.15, 0.2) is 0 Å². The highest BCUT2D eigenvalue weighted by Crippen LogP contribution is 2.33. The summed E-state index contributed by atoms with van der Waals surface area (Å²) >= 11 is 0. The fourth-order valence-electron chi connectivity index (χ4n) is 3.51. The van der Waals surface area contributed by atoms with Gasteiger partial charge in [-0.1, -0.05) is 20.3 Å². The van der Waals surface area contributed by atoms with Crippen molar-refractivity contribution in [2.75, 3.05) is 26.2 Å². The van der Waals surface area contributed by atoms with Crippen molar-refractivity contribution < 1.29 is 0 Å². The first-order valence-corrected chi connectivity index (χ1v) is 7.13. The van der Waals surface area contributed by atoms with E-state index >= 15 is 0 Å². The van der Waals surface area contributed by atoms with Gasteiger partial charge in [0, 0.05) is 13.1 Å². The van der Waals surface area contributed by atoms with Crippen molar-refractivity contribution in [1.82, 2.24) is 4.90 Å². The van der Waals surface area contributed by atoms with Crippen LogP contribution in [0.5, 0.6) is 0 Å². The number of hydrogen-bond acceptors (Lipinski definition) is 2. The SMILES string of the molecule is CC1CCN(CC2CCCC2CN)CC1C. The van der Waals surface area contributed by atoms with Crippen LogP contribution in [0.2, 0.25) is 0 Å². The minimum atomic E-state index is 0.814. The number of likely N-dealkylation sites (tertiary alicyclic amines) is 1. The molecule has 1 saturated carbocycles. The van der Waals surface area contributed by atoms with Gasteiger partial charge < -0.3 is 10.6 Å². The van der Waals surface area contributed by atoms with Crippen molar-refractivity contribution in [3.8, 4) is 0 Å². The van der Waals surface area contributed by atoms with E-state index in [0.717, 1.165) is 30.2 Å². The highest BCUT2D eigenvalue weighted by molar-refractivity contribution is 4.83. The Morgan fingerprint density at radius 2 is 1.81 bits per heavy atom. The molecule has 2 nitrogen and oxygen atoms in total. The summed E-state index contributed by atoms with van der Waals surface area (Å²) in [5.41, 5.74) is 5.86. The molecule has 0 aromatic carbocycles. The van der Waals surface area contributed by atoms with E-state index in [1.165, 1.54) is 45.3 Å². The molecule has 0 spiro atoms. The lowest BCUT2D eigenvalue weighted by atomic mass is 9.87. The second kappa shape index (κ2) is 5.50. The average molecular weight is 224 g/mol. The lowest BCUT2D eigenvalue weighted by Gasteiger charge is -2.37. The summed E-state index contributed by atoms with van der Waals surface area (Å²) in [5.74, 6) is 3.51. The summed E-state index contributed by atoms with van der Waals surface area (Å²) in [4.78, 5) is 2.70. The van der Waals surface area contributed by atoms with E-state index in [1.807, 2.05) is 0 Å². The Morgan fingerprint density at radius 1 is 1.06 bits per heavy atom. The van der Waals surface area contributed by atoms with Crippen LogP contribution < -0.4 is 5.73 Å². The quantitative estimate of drug-likeness (QED) is 0.797. The summed E-state index contributed by atoms with van der Waals surface area (Å²) in [6, 6.07) is 0.